The fourth-order valence-electron chi connectivity index (χ4n) is 2.80. The minimum absolute atomic E-state index is 0.445. The summed E-state index contributed by atoms with van der Waals surface area (Å²) >= 11 is 0. The molecule has 0 saturated heterocycles. The molecule has 1 N–H and O–H groups in total. The maximum absolute atomic E-state index is 5.58. The molecule has 21 heavy (non-hydrogen) atoms. The minimum atomic E-state index is 0.445. The van der Waals surface area contributed by atoms with Gasteiger partial charge in [0.25, 0.3) is 0 Å². The van der Waals surface area contributed by atoms with Crippen LogP contribution in [0.25, 0.3) is 0 Å². The largest absolute Gasteiger partial charge is 0.379 e. The van der Waals surface area contributed by atoms with Gasteiger partial charge < -0.3 is 19.5 Å². The van der Waals surface area contributed by atoms with Crippen LogP contribution in [-0.2, 0) is 14.2 Å². The summed E-state index contributed by atoms with van der Waals surface area (Å²) in [6, 6.07) is 0.651. The molecule has 1 rings (SSSR count). The van der Waals surface area contributed by atoms with Gasteiger partial charge in [-0.1, -0.05) is 33.6 Å². The Bertz CT molecular complexity index is 246. The van der Waals surface area contributed by atoms with Crippen molar-refractivity contribution in [2.75, 3.05) is 46.2 Å². The van der Waals surface area contributed by atoms with E-state index in [-0.39, 0.29) is 0 Å². The van der Waals surface area contributed by atoms with Gasteiger partial charge in [0.15, 0.2) is 0 Å². The molecular weight excluding hydrogens is 266 g/mol. The summed E-state index contributed by atoms with van der Waals surface area (Å²) in [5.41, 5.74) is 0.445. The van der Waals surface area contributed by atoms with Gasteiger partial charge in [-0.2, -0.15) is 0 Å². The van der Waals surface area contributed by atoms with Crippen molar-refractivity contribution in [3.63, 3.8) is 0 Å². The number of hydrogen-bond acceptors (Lipinski definition) is 4. The highest BCUT2D eigenvalue weighted by Crippen LogP contribution is 2.36. The van der Waals surface area contributed by atoms with Gasteiger partial charge in [0, 0.05) is 19.2 Å². The van der Waals surface area contributed by atoms with Gasteiger partial charge in [0.2, 0.25) is 0 Å². The average Bonchev–Trinajstić information content (AvgIpc) is 2.79. The Balaban J connectivity index is 1.79. The highest BCUT2D eigenvalue weighted by Gasteiger charge is 2.33. The van der Waals surface area contributed by atoms with Gasteiger partial charge in [0.05, 0.1) is 33.0 Å². The SMILES string of the molecule is CCCCOCCOCCOCCNC1CCCC1(C)C. The molecule has 1 aliphatic carbocycles. The van der Waals surface area contributed by atoms with Crippen LogP contribution in [0.5, 0.6) is 0 Å². The predicted molar refractivity (Wildman–Crippen MR) is 86.8 cm³/mol. The Labute approximate surface area is 130 Å². The minimum Gasteiger partial charge on any atom is -0.379 e. The Hall–Kier alpha value is -0.160. The second-order valence-electron chi connectivity index (χ2n) is 6.58. The number of nitrogens with one attached hydrogen (secondary N) is 1. The van der Waals surface area contributed by atoms with Crippen molar-refractivity contribution in [3.8, 4) is 0 Å². The van der Waals surface area contributed by atoms with Crippen LogP contribution in [0, 0.1) is 5.41 Å². The van der Waals surface area contributed by atoms with E-state index in [9.17, 15) is 0 Å². The Morgan fingerprint density at radius 2 is 1.57 bits per heavy atom. The third-order valence-corrected chi connectivity index (χ3v) is 4.28. The van der Waals surface area contributed by atoms with E-state index < -0.39 is 0 Å². The van der Waals surface area contributed by atoms with Crippen molar-refractivity contribution in [2.24, 2.45) is 5.41 Å². The van der Waals surface area contributed by atoms with E-state index in [1.165, 1.54) is 25.7 Å². The van der Waals surface area contributed by atoms with E-state index in [0.717, 1.165) is 26.2 Å². The van der Waals surface area contributed by atoms with E-state index in [1.54, 1.807) is 0 Å². The Kier molecular flexibility index (Phi) is 10.3. The molecular formula is C17H35NO3. The monoisotopic (exact) mass is 301 g/mol. The van der Waals surface area contributed by atoms with Gasteiger partial charge in [-0.25, -0.2) is 0 Å². The van der Waals surface area contributed by atoms with Crippen molar-refractivity contribution >= 4 is 0 Å². The lowest BCUT2D eigenvalue weighted by Crippen LogP contribution is -2.39. The molecule has 0 bridgehead atoms. The van der Waals surface area contributed by atoms with Gasteiger partial charge in [-0.05, 0) is 24.7 Å². The molecule has 0 aromatic rings. The fraction of sp³-hybridized carbons (Fsp3) is 1.00. The average molecular weight is 301 g/mol. The van der Waals surface area contributed by atoms with E-state index >= 15 is 0 Å². The number of unbranched alkanes of at least 4 members (excludes halogenated alkanes) is 1. The maximum Gasteiger partial charge on any atom is 0.0701 e. The quantitative estimate of drug-likeness (QED) is 0.531. The third kappa shape index (κ3) is 8.77. The number of rotatable bonds is 13. The summed E-state index contributed by atoms with van der Waals surface area (Å²) in [6.07, 6.45) is 6.29. The van der Waals surface area contributed by atoms with Gasteiger partial charge >= 0.3 is 0 Å². The smallest absolute Gasteiger partial charge is 0.0701 e. The van der Waals surface area contributed by atoms with Crippen molar-refractivity contribution in [1.82, 2.24) is 5.32 Å². The topological polar surface area (TPSA) is 39.7 Å². The molecule has 1 unspecified atom stereocenters. The van der Waals surface area contributed by atoms with Gasteiger partial charge in [0.1, 0.15) is 0 Å². The predicted octanol–water partition coefficient (Wildman–Crippen LogP) is 3.00. The summed E-state index contributed by atoms with van der Waals surface area (Å²) in [7, 11) is 0. The van der Waals surface area contributed by atoms with Crippen LogP contribution >= 0.6 is 0 Å². The van der Waals surface area contributed by atoms with Crippen LogP contribution in [0.3, 0.4) is 0 Å². The number of hydrogen-bond donors (Lipinski definition) is 1. The van der Waals surface area contributed by atoms with Crippen LogP contribution in [0.4, 0.5) is 0 Å². The summed E-state index contributed by atoms with van der Waals surface area (Å²) in [4.78, 5) is 0. The highest BCUT2D eigenvalue weighted by atomic mass is 16.5. The molecule has 0 heterocycles. The zero-order chi connectivity index (χ0) is 15.4. The molecule has 0 amide bonds. The van der Waals surface area contributed by atoms with Gasteiger partial charge in [-0.15, -0.1) is 0 Å². The highest BCUT2D eigenvalue weighted by molar-refractivity contribution is 4.89. The van der Waals surface area contributed by atoms with E-state index in [4.69, 9.17) is 14.2 Å². The van der Waals surface area contributed by atoms with Crippen LogP contribution in [0.2, 0.25) is 0 Å². The van der Waals surface area contributed by atoms with E-state index in [2.05, 4.69) is 26.1 Å². The molecule has 0 aliphatic heterocycles. The zero-order valence-electron chi connectivity index (χ0n) is 14.3. The Morgan fingerprint density at radius 1 is 0.952 bits per heavy atom. The zero-order valence-corrected chi connectivity index (χ0v) is 14.3. The Morgan fingerprint density at radius 3 is 2.14 bits per heavy atom. The van der Waals surface area contributed by atoms with Crippen molar-refractivity contribution in [2.45, 2.75) is 58.9 Å². The second kappa shape index (κ2) is 11.4. The summed E-state index contributed by atoms with van der Waals surface area (Å²) in [5.74, 6) is 0. The molecule has 0 spiro atoms. The second-order valence-corrected chi connectivity index (χ2v) is 6.58. The van der Waals surface area contributed by atoms with Gasteiger partial charge in [-0.3, -0.25) is 0 Å². The standard InChI is InChI=1S/C17H35NO3/c1-4-5-10-19-12-14-21-15-13-20-11-9-18-16-7-6-8-17(16,2)3/h16,18H,4-15H2,1-3H3. The molecule has 0 radical (unpaired) electrons. The molecule has 1 fully saturated rings. The molecule has 1 saturated carbocycles. The lowest BCUT2D eigenvalue weighted by molar-refractivity contribution is 0.0140. The summed E-state index contributed by atoms with van der Waals surface area (Å²) < 4.78 is 16.5. The first-order valence-corrected chi connectivity index (χ1v) is 8.63. The molecule has 0 aromatic carbocycles. The van der Waals surface area contributed by atoms with Crippen LogP contribution in [-0.4, -0.2) is 52.2 Å². The summed E-state index contributed by atoms with van der Waals surface area (Å²) in [5, 5.41) is 3.62. The number of ether oxygens (including phenoxy) is 3. The van der Waals surface area contributed by atoms with E-state index in [0.29, 0.717) is 37.9 Å². The first kappa shape index (κ1) is 18.9. The molecule has 1 aliphatic rings. The summed E-state index contributed by atoms with van der Waals surface area (Å²) in [6.45, 7) is 12.1. The maximum atomic E-state index is 5.58. The lowest BCUT2D eigenvalue weighted by Gasteiger charge is -2.27. The van der Waals surface area contributed by atoms with Crippen LogP contribution in [0.15, 0.2) is 0 Å². The molecule has 0 aromatic heterocycles. The first-order valence-electron chi connectivity index (χ1n) is 8.63. The lowest BCUT2D eigenvalue weighted by atomic mass is 9.87. The van der Waals surface area contributed by atoms with Crippen molar-refractivity contribution < 1.29 is 14.2 Å². The fourth-order valence-corrected chi connectivity index (χ4v) is 2.80. The van der Waals surface area contributed by atoms with Crippen LogP contribution in [0.1, 0.15) is 52.9 Å². The van der Waals surface area contributed by atoms with Crippen LogP contribution < -0.4 is 5.32 Å². The molecule has 4 nitrogen and oxygen atoms in total. The third-order valence-electron chi connectivity index (χ3n) is 4.28. The van der Waals surface area contributed by atoms with Crippen molar-refractivity contribution in [1.29, 1.82) is 0 Å². The van der Waals surface area contributed by atoms with E-state index in [1.807, 2.05) is 0 Å². The molecule has 126 valence electrons. The van der Waals surface area contributed by atoms with Crippen molar-refractivity contribution in [3.05, 3.63) is 0 Å². The first-order chi connectivity index (χ1) is 10.2. The normalized spacial score (nSPS) is 21.0. The molecule has 1 atom stereocenters. The molecule has 4 heteroatoms.